The van der Waals surface area contributed by atoms with Gasteiger partial charge in [0.1, 0.15) is 5.75 Å². The van der Waals surface area contributed by atoms with E-state index >= 15 is 0 Å². The van der Waals surface area contributed by atoms with Crippen molar-refractivity contribution in [2.24, 2.45) is 0 Å². The van der Waals surface area contributed by atoms with Gasteiger partial charge in [-0.3, -0.25) is 4.79 Å². The van der Waals surface area contributed by atoms with E-state index in [2.05, 4.69) is 0 Å². The first-order chi connectivity index (χ1) is 14.2. The quantitative estimate of drug-likeness (QED) is 0.220. The maximum absolute atomic E-state index is 10.4. The van der Waals surface area contributed by atoms with Crippen molar-refractivity contribution in [2.45, 2.75) is 115 Å². The summed E-state index contributed by atoms with van der Waals surface area (Å²) in [5.74, 6) is 0.307. The predicted molar refractivity (Wildman–Crippen MR) is 137 cm³/mol. The molecule has 0 unspecified atom stereocenters. The van der Waals surface area contributed by atoms with Crippen LogP contribution in [0.2, 0.25) is 11.8 Å². The van der Waals surface area contributed by atoms with Gasteiger partial charge in [0, 0.05) is 6.92 Å². The third-order valence-electron chi connectivity index (χ3n) is 7.59. The molecule has 4 rings (SSSR count). The van der Waals surface area contributed by atoms with Crippen LogP contribution in [0, 0.1) is 0 Å². The molecule has 170 valence electrons. The van der Waals surface area contributed by atoms with Crippen molar-refractivity contribution in [1.29, 1.82) is 0 Å². The molecule has 0 bridgehead atoms. The molecular formula is C26H46O2Sn2. The molecule has 0 amide bonds. The number of benzene rings is 1. The van der Waals surface area contributed by atoms with Gasteiger partial charge in [-0.1, -0.05) is 18.2 Å². The summed E-state index contributed by atoms with van der Waals surface area (Å²) in [5, 5.41) is 0. The summed E-state index contributed by atoms with van der Waals surface area (Å²) in [7, 11) is 0. The molecule has 2 nitrogen and oxygen atoms in total. The Kier molecular flexibility index (Phi) is 13.4. The van der Waals surface area contributed by atoms with Gasteiger partial charge in [-0.15, -0.1) is 0 Å². The zero-order valence-electron chi connectivity index (χ0n) is 18.6. The van der Waals surface area contributed by atoms with Crippen molar-refractivity contribution < 1.29 is 9.53 Å². The number of hydrogen-bond acceptors (Lipinski definition) is 2. The van der Waals surface area contributed by atoms with E-state index in [0.717, 1.165) is 0 Å². The Balaban J connectivity index is 0.000000249. The second-order valence-corrected chi connectivity index (χ2v) is 21.0. The maximum atomic E-state index is 10.4. The third-order valence-corrected chi connectivity index (χ3v) is 22.6. The average Bonchev–Trinajstić information content (AvgIpc) is 2.77. The second-order valence-electron chi connectivity index (χ2n) is 9.68. The molecule has 0 radical (unpaired) electrons. The summed E-state index contributed by atoms with van der Waals surface area (Å²) in [6.07, 6.45) is 24.3. The molecule has 3 aliphatic carbocycles. The van der Waals surface area contributed by atoms with Crippen LogP contribution in [0.4, 0.5) is 0 Å². The summed E-state index contributed by atoms with van der Waals surface area (Å²) in [6.45, 7) is 1.38. The van der Waals surface area contributed by atoms with E-state index in [9.17, 15) is 4.79 Å². The Morgan fingerprint density at radius 2 is 1.07 bits per heavy atom. The molecule has 0 aromatic heterocycles. The van der Waals surface area contributed by atoms with Crippen molar-refractivity contribution >= 4 is 49.6 Å². The van der Waals surface area contributed by atoms with Gasteiger partial charge in [0.2, 0.25) is 0 Å². The van der Waals surface area contributed by atoms with Crippen LogP contribution in [0.5, 0.6) is 5.75 Å². The van der Waals surface area contributed by atoms with E-state index in [4.69, 9.17) is 4.74 Å². The first kappa shape index (κ1) is 26.5. The summed E-state index contributed by atoms with van der Waals surface area (Å²) in [5.41, 5.74) is 0. The monoisotopic (exact) mass is 630 g/mol. The van der Waals surface area contributed by atoms with Crippen LogP contribution in [-0.2, 0) is 4.79 Å². The molecule has 0 saturated heterocycles. The SMILES string of the molecule is C1CC[CH]([SnH]([CH]2CCCCC2)[CH]2CCCCC2)CC1.CC(=O)Oc1ccccc1.[SnH4]. The summed E-state index contributed by atoms with van der Waals surface area (Å²) >= 11 is -1.31. The average molecular weight is 628 g/mol. The molecule has 30 heavy (non-hydrogen) atoms. The number of rotatable bonds is 4. The molecule has 0 heterocycles. The molecule has 0 N–H and O–H groups in total. The fourth-order valence-corrected chi connectivity index (χ4v) is 23.6. The number of para-hydroxylation sites is 1. The first-order valence-corrected chi connectivity index (χ1v) is 18.2. The van der Waals surface area contributed by atoms with Crippen LogP contribution in [-0.4, -0.2) is 49.6 Å². The Morgan fingerprint density at radius 1 is 0.700 bits per heavy atom. The van der Waals surface area contributed by atoms with E-state index in [1.807, 2.05) is 18.2 Å². The van der Waals surface area contributed by atoms with Gasteiger partial charge in [-0.2, -0.15) is 0 Å². The third kappa shape index (κ3) is 9.03. The number of ether oxygens (including phenoxy) is 1. The van der Waals surface area contributed by atoms with Crippen LogP contribution < -0.4 is 4.74 Å². The molecule has 3 fully saturated rings. The van der Waals surface area contributed by atoms with E-state index in [1.54, 1.807) is 108 Å². The molecule has 3 saturated carbocycles. The molecule has 1 aromatic rings. The van der Waals surface area contributed by atoms with Crippen LogP contribution in [0.15, 0.2) is 30.3 Å². The molecule has 3 aliphatic rings. The summed E-state index contributed by atoms with van der Waals surface area (Å²) in [6, 6.07) is 8.98. The van der Waals surface area contributed by atoms with Crippen LogP contribution in [0.1, 0.15) is 103 Å². The minimum atomic E-state index is -1.31. The van der Waals surface area contributed by atoms with E-state index in [0.29, 0.717) is 5.75 Å². The minimum absolute atomic E-state index is 0. The zero-order chi connectivity index (χ0) is 20.3. The zero-order valence-corrected chi connectivity index (χ0v) is 21.9. The Morgan fingerprint density at radius 3 is 1.40 bits per heavy atom. The second kappa shape index (κ2) is 15.2. The van der Waals surface area contributed by atoms with Crippen LogP contribution in [0.25, 0.3) is 0 Å². The fraction of sp³-hybridized carbons (Fsp3) is 0.731. The van der Waals surface area contributed by atoms with Gasteiger partial charge in [0.15, 0.2) is 0 Å². The summed E-state index contributed by atoms with van der Waals surface area (Å²) < 4.78 is 8.78. The molecule has 0 spiro atoms. The van der Waals surface area contributed by atoms with Gasteiger partial charge in [0.05, 0.1) is 0 Å². The number of carbonyl (C=O) groups is 1. The van der Waals surface area contributed by atoms with E-state index in [-0.39, 0.29) is 29.9 Å². The van der Waals surface area contributed by atoms with Crippen molar-refractivity contribution in [3.8, 4) is 5.75 Å². The number of hydrogen-bond donors (Lipinski definition) is 0. The molecule has 0 atom stereocenters. The van der Waals surface area contributed by atoms with Gasteiger partial charge >= 0.3 is 158 Å². The Labute approximate surface area is 209 Å². The van der Waals surface area contributed by atoms with Crippen LogP contribution in [0.3, 0.4) is 0 Å². The van der Waals surface area contributed by atoms with Gasteiger partial charge in [-0.05, 0) is 12.1 Å². The topological polar surface area (TPSA) is 26.3 Å². The molecular weight excluding hydrogens is 582 g/mol. The van der Waals surface area contributed by atoms with Crippen molar-refractivity contribution in [3.05, 3.63) is 30.3 Å². The van der Waals surface area contributed by atoms with Crippen LogP contribution >= 0.6 is 0 Å². The van der Waals surface area contributed by atoms with Gasteiger partial charge < -0.3 is 4.74 Å². The Hall–Kier alpha value is 0.287. The van der Waals surface area contributed by atoms with Crippen molar-refractivity contribution in [1.82, 2.24) is 0 Å². The summed E-state index contributed by atoms with van der Waals surface area (Å²) in [4.78, 5) is 10.4. The van der Waals surface area contributed by atoms with E-state index < -0.39 is 19.8 Å². The molecule has 0 aliphatic heterocycles. The van der Waals surface area contributed by atoms with Gasteiger partial charge in [0.25, 0.3) is 0 Å². The number of esters is 1. The standard InChI is InChI=1S/C8H8O2.3C6H11.2Sn.5H/c1-7(9)10-8-5-3-2-4-6-8;3*1-2-4-6-5-3-1;;;;;;;/h2-6H,1H3;3*1H,2-6H2;;;;;;;. The van der Waals surface area contributed by atoms with Gasteiger partial charge in [-0.25, -0.2) is 0 Å². The molecule has 1 aromatic carbocycles. The molecule has 4 heteroatoms. The normalized spacial score (nSPS) is 21.3. The van der Waals surface area contributed by atoms with Crippen molar-refractivity contribution in [3.63, 3.8) is 0 Å². The Bertz CT molecular complexity index is 531. The van der Waals surface area contributed by atoms with E-state index in [1.165, 1.54) is 18.7 Å². The first-order valence-electron chi connectivity index (χ1n) is 12.5. The number of carbonyl (C=O) groups excluding carboxylic acids is 1. The predicted octanol–water partition coefficient (Wildman–Crippen LogP) is 6.38. The fourth-order valence-electron chi connectivity index (χ4n) is 6.37. The van der Waals surface area contributed by atoms with Crippen molar-refractivity contribution in [2.75, 3.05) is 0 Å².